The number of thioether (sulfide) groups is 1. The standard InChI is InChI=1S/C12H17ClN4S/c1-18-8-4-2-3-7-14-12-15-11-6-5-10(13)9-17(11)16-12/h5-6,9H,2-4,7-8H2,1H3,(H,14,16). The Morgan fingerprint density at radius 2 is 2.22 bits per heavy atom. The van der Waals surface area contributed by atoms with Crippen molar-refractivity contribution in [3.63, 3.8) is 0 Å². The van der Waals surface area contributed by atoms with E-state index in [9.17, 15) is 0 Å². The minimum atomic E-state index is 0.663. The van der Waals surface area contributed by atoms with E-state index in [2.05, 4.69) is 21.7 Å². The molecule has 0 saturated heterocycles. The summed E-state index contributed by atoms with van der Waals surface area (Å²) >= 11 is 7.79. The first-order valence-corrected chi connectivity index (χ1v) is 7.81. The van der Waals surface area contributed by atoms with E-state index in [1.165, 1.54) is 18.6 Å². The molecule has 0 radical (unpaired) electrons. The van der Waals surface area contributed by atoms with Gasteiger partial charge in [-0.1, -0.05) is 18.0 Å². The van der Waals surface area contributed by atoms with Crippen molar-refractivity contribution in [1.82, 2.24) is 14.6 Å². The van der Waals surface area contributed by atoms with E-state index >= 15 is 0 Å². The molecular formula is C12H17ClN4S. The molecule has 0 aliphatic heterocycles. The third-order valence-corrected chi connectivity index (χ3v) is 3.52. The van der Waals surface area contributed by atoms with Gasteiger partial charge >= 0.3 is 0 Å². The molecule has 0 fully saturated rings. The van der Waals surface area contributed by atoms with Crippen molar-refractivity contribution in [2.24, 2.45) is 0 Å². The molecule has 0 atom stereocenters. The van der Waals surface area contributed by atoms with Gasteiger partial charge in [0.05, 0.1) is 5.02 Å². The number of fused-ring (bicyclic) bond motifs is 1. The maximum atomic E-state index is 5.89. The lowest BCUT2D eigenvalue weighted by molar-refractivity contribution is 0.746. The Hall–Kier alpha value is -0.940. The maximum absolute atomic E-state index is 5.89. The SMILES string of the molecule is CSCCCCCNc1nc2ccc(Cl)cn2n1. The van der Waals surface area contributed by atoms with Crippen LogP contribution in [0.5, 0.6) is 0 Å². The Kier molecular flexibility index (Phi) is 5.13. The zero-order valence-corrected chi connectivity index (χ0v) is 12.0. The summed E-state index contributed by atoms with van der Waals surface area (Å²) in [6.45, 7) is 0.916. The van der Waals surface area contributed by atoms with E-state index in [4.69, 9.17) is 11.6 Å². The van der Waals surface area contributed by atoms with Crippen molar-refractivity contribution in [2.45, 2.75) is 19.3 Å². The van der Waals surface area contributed by atoms with Crippen LogP contribution in [-0.2, 0) is 0 Å². The van der Waals surface area contributed by atoms with Crippen molar-refractivity contribution in [3.8, 4) is 0 Å². The molecule has 0 saturated carbocycles. The molecule has 0 amide bonds. The zero-order chi connectivity index (χ0) is 12.8. The van der Waals surface area contributed by atoms with Crippen LogP contribution in [0, 0.1) is 0 Å². The first-order valence-electron chi connectivity index (χ1n) is 6.04. The molecule has 1 N–H and O–H groups in total. The fourth-order valence-corrected chi connectivity index (χ4v) is 2.33. The average molecular weight is 285 g/mol. The van der Waals surface area contributed by atoms with Gasteiger partial charge in [0.2, 0.25) is 5.95 Å². The molecule has 2 heterocycles. The number of nitrogens with zero attached hydrogens (tertiary/aromatic N) is 3. The minimum Gasteiger partial charge on any atom is -0.353 e. The number of nitrogens with one attached hydrogen (secondary N) is 1. The van der Waals surface area contributed by atoms with Crippen molar-refractivity contribution < 1.29 is 0 Å². The van der Waals surface area contributed by atoms with E-state index in [0.717, 1.165) is 18.6 Å². The number of hydrogen-bond donors (Lipinski definition) is 1. The average Bonchev–Trinajstić information content (AvgIpc) is 2.75. The maximum Gasteiger partial charge on any atom is 0.243 e. The van der Waals surface area contributed by atoms with Crippen LogP contribution in [0.1, 0.15) is 19.3 Å². The van der Waals surface area contributed by atoms with Crippen LogP contribution in [0.25, 0.3) is 5.65 Å². The van der Waals surface area contributed by atoms with E-state index in [0.29, 0.717) is 11.0 Å². The van der Waals surface area contributed by atoms with Gasteiger partial charge in [-0.25, -0.2) is 4.52 Å². The first kappa shape index (κ1) is 13.5. The Balaban J connectivity index is 1.81. The fraction of sp³-hybridized carbons (Fsp3) is 0.500. The summed E-state index contributed by atoms with van der Waals surface area (Å²) in [6.07, 6.45) is 7.57. The number of aromatic nitrogens is 3. The van der Waals surface area contributed by atoms with Gasteiger partial charge in [-0.2, -0.15) is 16.7 Å². The van der Waals surface area contributed by atoms with Gasteiger partial charge in [0.1, 0.15) is 0 Å². The molecule has 6 heteroatoms. The summed E-state index contributed by atoms with van der Waals surface area (Å²) in [7, 11) is 0. The van der Waals surface area contributed by atoms with Crippen molar-refractivity contribution in [1.29, 1.82) is 0 Å². The summed E-state index contributed by atoms with van der Waals surface area (Å²) in [4.78, 5) is 4.37. The van der Waals surface area contributed by atoms with Gasteiger partial charge in [0.15, 0.2) is 5.65 Å². The van der Waals surface area contributed by atoms with Crippen LogP contribution in [-0.4, -0.2) is 33.2 Å². The quantitative estimate of drug-likeness (QED) is 0.792. The predicted octanol–water partition coefficient (Wildman–Crippen LogP) is 3.33. The third kappa shape index (κ3) is 3.78. The highest BCUT2D eigenvalue weighted by Crippen LogP contribution is 2.11. The van der Waals surface area contributed by atoms with Crippen LogP contribution >= 0.6 is 23.4 Å². The second-order valence-corrected chi connectivity index (χ2v) is 5.49. The third-order valence-electron chi connectivity index (χ3n) is 2.60. The molecule has 0 aromatic carbocycles. The lowest BCUT2D eigenvalue weighted by atomic mass is 10.2. The highest BCUT2D eigenvalue weighted by molar-refractivity contribution is 7.98. The monoisotopic (exact) mass is 284 g/mol. The highest BCUT2D eigenvalue weighted by atomic mass is 35.5. The second-order valence-electron chi connectivity index (χ2n) is 4.07. The molecule has 2 aromatic rings. The molecule has 98 valence electrons. The second kappa shape index (κ2) is 6.85. The lowest BCUT2D eigenvalue weighted by Crippen LogP contribution is -2.03. The van der Waals surface area contributed by atoms with Crippen LogP contribution in [0.4, 0.5) is 5.95 Å². The predicted molar refractivity (Wildman–Crippen MR) is 78.7 cm³/mol. The Morgan fingerprint density at radius 3 is 3.06 bits per heavy atom. The molecule has 0 spiro atoms. The van der Waals surface area contributed by atoms with Crippen molar-refractivity contribution >= 4 is 35.0 Å². The minimum absolute atomic E-state index is 0.663. The number of unbranched alkanes of at least 4 members (excludes halogenated alkanes) is 2. The molecule has 18 heavy (non-hydrogen) atoms. The zero-order valence-electron chi connectivity index (χ0n) is 10.4. The van der Waals surface area contributed by atoms with Crippen LogP contribution in [0.15, 0.2) is 18.3 Å². The molecule has 4 nitrogen and oxygen atoms in total. The molecule has 0 unspecified atom stereocenters. The van der Waals surface area contributed by atoms with E-state index < -0.39 is 0 Å². The Bertz CT molecular complexity index is 500. The van der Waals surface area contributed by atoms with E-state index in [1.807, 2.05) is 23.9 Å². The molecule has 0 aliphatic rings. The Labute approximate surface area is 116 Å². The van der Waals surface area contributed by atoms with Crippen molar-refractivity contribution in [2.75, 3.05) is 23.9 Å². The molecule has 2 aromatic heterocycles. The fourth-order valence-electron chi connectivity index (χ4n) is 1.68. The molecule has 2 rings (SSSR count). The lowest BCUT2D eigenvalue weighted by Gasteiger charge is -2.00. The summed E-state index contributed by atoms with van der Waals surface area (Å²) in [6, 6.07) is 3.68. The normalized spacial score (nSPS) is 11.0. The van der Waals surface area contributed by atoms with E-state index in [-0.39, 0.29) is 0 Å². The molecule has 0 aliphatic carbocycles. The van der Waals surface area contributed by atoms with Gasteiger partial charge in [-0.15, -0.1) is 5.10 Å². The van der Waals surface area contributed by atoms with Gasteiger partial charge in [-0.3, -0.25) is 0 Å². The van der Waals surface area contributed by atoms with Gasteiger partial charge < -0.3 is 5.32 Å². The smallest absolute Gasteiger partial charge is 0.243 e. The topological polar surface area (TPSA) is 42.2 Å². The van der Waals surface area contributed by atoms with Crippen LogP contribution < -0.4 is 5.32 Å². The number of pyridine rings is 1. The largest absolute Gasteiger partial charge is 0.353 e. The molecular weight excluding hydrogens is 268 g/mol. The first-order chi connectivity index (χ1) is 8.79. The van der Waals surface area contributed by atoms with Crippen LogP contribution in [0.3, 0.4) is 0 Å². The Morgan fingerprint density at radius 1 is 1.33 bits per heavy atom. The number of anilines is 1. The number of halogens is 1. The van der Waals surface area contributed by atoms with Crippen LogP contribution in [0.2, 0.25) is 5.02 Å². The summed E-state index contributed by atoms with van der Waals surface area (Å²) in [5, 5.41) is 8.21. The van der Waals surface area contributed by atoms with Gasteiger partial charge in [0, 0.05) is 12.7 Å². The number of hydrogen-bond acceptors (Lipinski definition) is 4. The summed E-state index contributed by atoms with van der Waals surface area (Å²) in [5.74, 6) is 1.91. The molecule has 0 bridgehead atoms. The summed E-state index contributed by atoms with van der Waals surface area (Å²) in [5.41, 5.74) is 0.810. The van der Waals surface area contributed by atoms with Crippen molar-refractivity contribution in [3.05, 3.63) is 23.4 Å². The number of rotatable bonds is 7. The summed E-state index contributed by atoms with van der Waals surface area (Å²) < 4.78 is 1.69. The van der Waals surface area contributed by atoms with Gasteiger partial charge in [0.25, 0.3) is 0 Å². The van der Waals surface area contributed by atoms with Gasteiger partial charge in [-0.05, 0) is 37.0 Å². The highest BCUT2D eigenvalue weighted by Gasteiger charge is 2.02. The van der Waals surface area contributed by atoms with E-state index in [1.54, 1.807) is 10.7 Å².